The summed E-state index contributed by atoms with van der Waals surface area (Å²) >= 11 is 0. The highest BCUT2D eigenvalue weighted by molar-refractivity contribution is 5.92. The van der Waals surface area contributed by atoms with Gasteiger partial charge < -0.3 is 20.8 Å². The SMILES string of the molecule is O=C(O)c1cc(Nc2ccnc(Nc3ccccc3)n2)ccc1O. The van der Waals surface area contributed by atoms with Gasteiger partial charge in [0, 0.05) is 17.6 Å². The van der Waals surface area contributed by atoms with Crippen molar-refractivity contribution in [1.82, 2.24) is 9.97 Å². The molecule has 3 aromatic rings. The van der Waals surface area contributed by atoms with Gasteiger partial charge in [0.25, 0.3) is 0 Å². The number of aromatic nitrogens is 2. The Bertz CT molecular complexity index is 869. The summed E-state index contributed by atoms with van der Waals surface area (Å²) in [4.78, 5) is 19.5. The van der Waals surface area contributed by atoms with Gasteiger partial charge in [-0.25, -0.2) is 9.78 Å². The summed E-state index contributed by atoms with van der Waals surface area (Å²) in [5.41, 5.74) is 1.17. The molecule has 3 rings (SSSR count). The van der Waals surface area contributed by atoms with Crippen molar-refractivity contribution in [1.29, 1.82) is 0 Å². The Balaban J connectivity index is 1.80. The van der Waals surface area contributed by atoms with Crippen LogP contribution in [0.3, 0.4) is 0 Å². The summed E-state index contributed by atoms with van der Waals surface area (Å²) in [6, 6.07) is 15.4. The number of benzene rings is 2. The van der Waals surface area contributed by atoms with Crippen LogP contribution in [0.4, 0.5) is 23.1 Å². The van der Waals surface area contributed by atoms with Crippen molar-refractivity contribution in [2.75, 3.05) is 10.6 Å². The second-order valence-corrected chi connectivity index (χ2v) is 4.92. The fraction of sp³-hybridized carbons (Fsp3) is 0. The summed E-state index contributed by atoms with van der Waals surface area (Å²) in [5, 5.41) is 24.6. The van der Waals surface area contributed by atoms with Gasteiger partial charge in [0.1, 0.15) is 17.1 Å². The third-order valence-corrected chi connectivity index (χ3v) is 3.18. The van der Waals surface area contributed by atoms with Crippen molar-refractivity contribution in [3.8, 4) is 5.75 Å². The quantitative estimate of drug-likeness (QED) is 0.533. The van der Waals surface area contributed by atoms with Crippen LogP contribution in [0.2, 0.25) is 0 Å². The molecule has 7 heteroatoms. The first-order valence-corrected chi connectivity index (χ1v) is 7.10. The predicted molar refractivity (Wildman–Crippen MR) is 90.1 cm³/mol. The molecule has 0 bridgehead atoms. The van der Waals surface area contributed by atoms with Crippen LogP contribution in [0.25, 0.3) is 0 Å². The zero-order valence-electron chi connectivity index (χ0n) is 12.5. The van der Waals surface area contributed by atoms with Crippen molar-refractivity contribution in [2.24, 2.45) is 0 Å². The van der Waals surface area contributed by atoms with Crippen molar-refractivity contribution < 1.29 is 15.0 Å². The third-order valence-electron chi connectivity index (χ3n) is 3.18. The van der Waals surface area contributed by atoms with Gasteiger partial charge >= 0.3 is 5.97 Å². The summed E-state index contributed by atoms with van der Waals surface area (Å²) in [5.74, 6) is -0.596. The van der Waals surface area contributed by atoms with Crippen molar-refractivity contribution in [3.05, 3.63) is 66.4 Å². The van der Waals surface area contributed by atoms with Crippen molar-refractivity contribution in [3.63, 3.8) is 0 Å². The van der Waals surface area contributed by atoms with Crippen LogP contribution in [-0.2, 0) is 0 Å². The van der Waals surface area contributed by atoms with Gasteiger partial charge in [-0.1, -0.05) is 18.2 Å². The highest BCUT2D eigenvalue weighted by Crippen LogP contribution is 2.24. The van der Waals surface area contributed by atoms with Crippen LogP contribution >= 0.6 is 0 Å². The minimum Gasteiger partial charge on any atom is -0.507 e. The van der Waals surface area contributed by atoms with E-state index in [0.29, 0.717) is 17.5 Å². The van der Waals surface area contributed by atoms with Crippen LogP contribution in [0.15, 0.2) is 60.8 Å². The molecule has 4 N–H and O–H groups in total. The molecular formula is C17H14N4O3. The van der Waals surface area contributed by atoms with E-state index in [9.17, 15) is 9.90 Å². The maximum absolute atomic E-state index is 11.1. The minimum absolute atomic E-state index is 0.184. The Kier molecular flexibility index (Phi) is 4.24. The molecule has 0 unspecified atom stereocenters. The minimum atomic E-state index is -1.20. The zero-order chi connectivity index (χ0) is 16.9. The van der Waals surface area contributed by atoms with E-state index < -0.39 is 5.97 Å². The second-order valence-electron chi connectivity index (χ2n) is 4.92. The van der Waals surface area contributed by atoms with E-state index in [4.69, 9.17) is 5.11 Å². The molecule has 0 amide bonds. The molecule has 0 atom stereocenters. The van der Waals surface area contributed by atoms with Crippen LogP contribution in [-0.4, -0.2) is 26.2 Å². The molecule has 0 aliphatic heterocycles. The Hall–Kier alpha value is -3.61. The lowest BCUT2D eigenvalue weighted by atomic mass is 10.2. The lowest BCUT2D eigenvalue weighted by molar-refractivity contribution is 0.0694. The summed E-state index contributed by atoms with van der Waals surface area (Å²) < 4.78 is 0. The van der Waals surface area contributed by atoms with Gasteiger partial charge in [0.2, 0.25) is 5.95 Å². The third kappa shape index (κ3) is 3.58. The standard InChI is InChI=1S/C17H14N4O3/c22-14-7-6-12(10-13(14)16(23)24)19-15-8-9-18-17(21-15)20-11-4-2-1-3-5-11/h1-10,22H,(H,23,24)(H2,18,19,20,21). The number of nitrogens with zero attached hydrogens (tertiary/aromatic N) is 2. The van der Waals surface area contributed by atoms with Crippen LogP contribution in [0.5, 0.6) is 5.75 Å². The number of rotatable bonds is 5. The zero-order valence-corrected chi connectivity index (χ0v) is 12.5. The van der Waals surface area contributed by atoms with Gasteiger partial charge in [0.05, 0.1) is 0 Å². The molecule has 2 aromatic carbocycles. The number of para-hydroxylation sites is 1. The molecule has 0 saturated heterocycles. The molecule has 0 aliphatic rings. The predicted octanol–water partition coefficient (Wildman–Crippen LogP) is 3.37. The first-order chi connectivity index (χ1) is 11.6. The molecule has 120 valence electrons. The van der Waals surface area contributed by atoms with Gasteiger partial charge in [-0.2, -0.15) is 4.98 Å². The van der Waals surface area contributed by atoms with E-state index in [1.165, 1.54) is 12.1 Å². The second kappa shape index (κ2) is 6.66. The first-order valence-electron chi connectivity index (χ1n) is 7.10. The van der Waals surface area contributed by atoms with Crippen molar-refractivity contribution in [2.45, 2.75) is 0 Å². The maximum Gasteiger partial charge on any atom is 0.339 e. The molecule has 0 aliphatic carbocycles. The molecule has 0 spiro atoms. The number of hydrogen-bond donors (Lipinski definition) is 4. The van der Waals surface area contributed by atoms with Gasteiger partial charge in [-0.15, -0.1) is 0 Å². The monoisotopic (exact) mass is 322 g/mol. The van der Waals surface area contributed by atoms with E-state index in [0.717, 1.165) is 5.69 Å². The lowest BCUT2D eigenvalue weighted by Gasteiger charge is -2.09. The highest BCUT2D eigenvalue weighted by atomic mass is 16.4. The Morgan fingerprint density at radius 1 is 0.958 bits per heavy atom. The largest absolute Gasteiger partial charge is 0.507 e. The summed E-state index contributed by atoms with van der Waals surface area (Å²) in [6.45, 7) is 0. The maximum atomic E-state index is 11.1. The fourth-order valence-electron chi connectivity index (χ4n) is 2.07. The molecule has 7 nitrogen and oxygen atoms in total. The molecule has 24 heavy (non-hydrogen) atoms. The number of carbonyl (C=O) groups is 1. The number of aromatic carboxylic acids is 1. The fourth-order valence-corrected chi connectivity index (χ4v) is 2.07. The molecule has 0 radical (unpaired) electrons. The highest BCUT2D eigenvalue weighted by Gasteiger charge is 2.10. The van der Waals surface area contributed by atoms with Crippen LogP contribution < -0.4 is 10.6 Å². The van der Waals surface area contributed by atoms with E-state index in [1.807, 2.05) is 30.3 Å². The van der Waals surface area contributed by atoms with Gasteiger partial charge in [-0.05, 0) is 36.4 Å². The summed E-state index contributed by atoms with van der Waals surface area (Å²) in [7, 11) is 0. The number of carboxylic acid groups (broad SMARTS) is 1. The number of carboxylic acids is 1. The average molecular weight is 322 g/mol. The van der Waals surface area contributed by atoms with E-state index in [2.05, 4.69) is 20.6 Å². The number of hydrogen-bond acceptors (Lipinski definition) is 6. The number of aromatic hydroxyl groups is 1. The number of phenols is 1. The van der Waals surface area contributed by atoms with Crippen LogP contribution in [0.1, 0.15) is 10.4 Å². The normalized spacial score (nSPS) is 10.2. The van der Waals surface area contributed by atoms with E-state index in [-0.39, 0.29) is 11.3 Å². The lowest BCUT2D eigenvalue weighted by Crippen LogP contribution is -2.02. The Labute approximate surface area is 137 Å². The van der Waals surface area contributed by atoms with Gasteiger partial charge in [0.15, 0.2) is 0 Å². The van der Waals surface area contributed by atoms with E-state index >= 15 is 0 Å². The molecule has 1 heterocycles. The van der Waals surface area contributed by atoms with Crippen molar-refractivity contribution >= 4 is 29.1 Å². The number of nitrogens with one attached hydrogen (secondary N) is 2. The smallest absolute Gasteiger partial charge is 0.339 e. The topological polar surface area (TPSA) is 107 Å². The molecule has 1 aromatic heterocycles. The summed E-state index contributed by atoms with van der Waals surface area (Å²) in [6.07, 6.45) is 1.58. The molecule has 0 saturated carbocycles. The average Bonchev–Trinajstić information content (AvgIpc) is 2.58. The molecule has 0 fully saturated rings. The van der Waals surface area contributed by atoms with E-state index in [1.54, 1.807) is 18.3 Å². The number of anilines is 4. The van der Waals surface area contributed by atoms with Crippen LogP contribution in [0, 0.1) is 0 Å². The van der Waals surface area contributed by atoms with Gasteiger partial charge in [-0.3, -0.25) is 0 Å². The Morgan fingerprint density at radius 3 is 2.50 bits per heavy atom. The first kappa shape index (κ1) is 15.3. The Morgan fingerprint density at radius 2 is 1.75 bits per heavy atom. The molecular weight excluding hydrogens is 308 g/mol.